The van der Waals surface area contributed by atoms with Gasteiger partial charge in [-0.15, -0.1) is 5.10 Å². The van der Waals surface area contributed by atoms with Gasteiger partial charge in [-0.1, -0.05) is 37.3 Å². The fraction of sp³-hybridized carbons (Fsp3) is 0.357. The van der Waals surface area contributed by atoms with Gasteiger partial charge in [0, 0.05) is 5.92 Å². The smallest absolute Gasteiger partial charge is 0.240 e. The summed E-state index contributed by atoms with van der Waals surface area (Å²) in [5.41, 5.74) is 1.18. The Labute approximate surface area is 124 Å². The molecule has 1 aliphatic heterocycles. The van der Waals surface area contributed by atoms with Crippen LogP contribution in [0, 0.1) is 11.3 Å². The van der Waals surface area contributed by atoms with Crippen molar-refractivity contribution in [1.29, 1.82) is 5.26 Å². The molecular formula is C14H15FN4OS. The third-order valence-corrected chi connectivity index (χ3v) is 4.51. The largest absolute Gasteiger partial charge is 0.269 e. The van der Waals surface area contributed by atoms with Gasteiger partial charge in [-0.05, 0) is 12.0 Å². The molecule has 1 aliphatic rings. The zero-order valence-electron chi connectivity index (χ0n) is 11.5. The molecule has 21 heavy (non-hydrogen) atoms. The molecule has 110 valence electrons. The number of hydrogen-bond donors (Lipinski definition) is 0. The van der Waals surface area contributed by atoms with Gasteiger partial charge in [0.25, 0.3) is 0 Å². The van der Waals surface area contributed by atoms with Crippen LogP contribution in [0.25, 0.3) is 0 Å². The van der Waals surface area contributed by atoms with Crippen LogP contribution in [-0.4, -0.2) is 24.7 Å². The van der Waals surface area contributed by atoms with Crippen LogP contribution in [0.2, 0.25) is 0 Å². The molecule has 0 spiro atoms. The van der Waals surface area contributed by atoms with Gasteiger partial charge in [-0.2, -0.15) is 5.26 Å². The summed E-state index contributed by atoms with van der Waals surface area (Å²) in [7, 11) is -1.43. The van der Waals surface area contributed by atoms with E-state index in [1.54, 1.807) is 0 Å². The SMILES string of the molecule is CC1C[C@@H](c2ccccc2)n2nc(S(=O)CC#N)nc21.F. The average Bonchev–Trinajstić information content (AvgIpc) is 3.01. The minimum Gasteiger partial charge on any atom is -0.269 e. The zero-order chi connectivity index (χ0) is 14.1. The monoisotopic (exact) mass is 306 g/mol. The van der Waals surface area contributed by atoms with E-state index in [0.717, 1.165) is 12.2 Å². The summed E-state index contributed by atoms with van der Waals surface area (Å²) in [6.07, 6.45) is 0.949. The molecule has 0 N–H and O–H groups in total. The maximum atomic E-state index is 11.9. The second kappa shape index (κ2) is 6.14. The van der Waals surface area contributed by atoms with Gasteiger partial charge in [0.15, 0.2) is 0 Å². The minimum absolute atomic E-state index is 0. The number of rotatable bonds is 3. The molecule has 3 atom stereocenters. The van der Waals surface area contributed by atoms with E-state index in [0.29, 0.717) is 0 Å². The highest BCUT2D eigenvalue weighted by atomic mass is 32.2. The fourth-order valence-electron chi connectivity index (χ4n) is 2.59. The van der Waals surface area contributed by atoms with E-state index in [4.69, 9.17) is 5.26 Å². The lowest BCUT2D eigenvalue weighted by Gasteiger charge is -2.11. The normalized spacial score (nSPS) is 21.1. The zero-order valence-corrected chi connectivity index (χ0v) is 12.3. The van der Waals surface area contributed by atoms with Crippen molar-refractivity contribution in [3.8, 4) is 6.07 Å². The molecule has 3 rings (SSSR count). The molecule has 0 fully saturated rings. The van der Waals surface area contributed by atoms with Gasteiger partial charge in [0.1, 0.15) is 22.4 Å². The number of hydrogen-bond acceptors (Lipinski definition) is 4. The first-order valence-electron chi connectivity index (χ1n) is 6.47. The van der Waals surface area contributed by atoms with Gasteiger partial charge in [0.2, 0.25) is 5.16 Å². The highest BCUT2D eigenvalue weighted by molar-refractivity contribution is 7.85. The summed E-state index contributed by atoms with van der Waals surface area (Å²) >= 11 is 0. The summed E-state index contributed by atoms with van der Waals surface area (Å²) < 4.78 is 13.7. The summed E-state index contributed by atoms with van der Waals surface area (Å²) in [4.78, 5) is 4.37. The van der Waals surface area contributed by atoms with Crippen LogP contribution in [0.5, 0.6) is 0 Å². The first-order valence-corrected chi connectivity index (χ1v) is 7.79. The lowest BCUT2D eigenvalue weighted by Crippen LogP contribution is -2.08. The third-order valence-electron chi connectivity index (χ3n) is 3.53. The van der Waals surface area contributed by atoms with Gasteiger partial charge in [0.05, 0.1) is 12.1 Å². The molecule has 0 saturated heterocycles. The lowest BCUT2D eigenvalue weighted by molar-refractivity contribution is 0.529. The average molecular weight is 306 g/mol. The molecule has 2 unspecified atom stereocenters. The molecule has 5 nitrogen and oxygen atoms in total. The van der Waals surface area contributed by atoms with Crippen LogP contribution in [0.1, 0.15) is 36.7 Å². The van der Waals surface area contributed by atoms with Gasteiger partial charge >= 0.3 is 0 Å². The highest BCUT2D eigenvalue weighted by Gasteiger charge is 2.33. The lowest BCUT2D eigenvalue weighted by atomic mass is 10.0. The molecule has 0 radical (unpaired) electrons. The van der Waals surface area contributed by atoms with E-state index in [-0.39, 0.29) is 27.6 Å². The predicted octanol–water partition coefficient (Wildman–Crippen LogP) is 2.16. The highest BCUT2D eigenvalue weighted by Crippen LogP contribution is 2.38. The standard InChI is InChI=1S/C14H14N4OS.FH/c1-10-9-12(11-5-3-2-4-6-11)18-13(10)16-14(17-18)20(19)8-7-15;/h2-6,10,12H,8-9H2,1H3;1H/t10?,12-,20?;/m0./s1. The van der Waals surface area contributed by atoms with Crippen molar-refractivity contribution in [3.63, 3.8) is 0 Å². The minimum atomic E-state index is -1.43. The second-order valence-corrected chi connectivity index (χ2v) is 6.25. The van der Waals surface area contributed by atoms with E-state index in [9.17, 15) is 4.21 Å². The Morgan fingerprint density at radius 2 is 2.14 bits per heavy atom. The van der Waals surface area contributed by atoms with Crippen LogP contribution in [0.4, 0.5) is 4.70 Å². The summed E-state index contributed by atoms with van der Waals surface area (Å²) in [6, 6.07) is 12.2. The Bertz CT molecular complexity index is 695. The Hall–Kier alpha value is -2.07. The van der Waals surface area contributed by atoms with Crippen molar-refractivity contribution in [3.05, 3.63) is 41.7 Å². The first-order chi connectivity index (χ1) is 9.70. The van der Waals surface area contributed by atoms with Crippen molar-refractivity contribution >= 4 is 10.8 Å². The molecule has 1 aromatic heterocycles. The molecular weight excluding hydrogens is 291 g/mol. The maximum Gasteiger partial charge on any atom is 0.240 e. The Balaban J connectivity index is 0.00000161. The van der Waals surface area contributed by atoms with Crippen LogP contribution in [0.3, 0.4) is 0 Å². The number of aromatic nitrogens is 3. The van der Waals surface area contributed by atoms with E-state index in [1.807, 2.05) is 29.0 Å². The van der Waals surface area contributed by atoms with E-state index < -0.39 is 10.8 Å². The molecule has 0 saturated carbocycles. The Morgan fingerprint density at radius 1 is 1.43 bits per heavy atom. The molecule has 7 heteroatoms. The van der Waals surface area contributed by atoms with Crippen LogP contribution < -0.4 is 0 Å². The summed E-state index contributed by atoms with van der Waals surface area (Å²) in [6.45, 7) is 2.10. The third kappa shape index (κ3) is 2.72. The first kappa shape index (κ1) is 15.3. The molecule has 1 aromatic carbocycles. The van der Waals surface area contributed by atoms with E-state index in [1.165, 1.54) is 5.56 Å². The van der Waals surface area contributed by atoms with Crippen LogP contribution in [-0.2, 0) is 10.8 Å². The van der Waals surface area contributed by atoms with E-state index >= 15 is 0 Å². The Morgan fingerprint density at radius 3 is 2.81 bits per heavy atom. The number of nitriles is 1. The van der Waals surface area contributed by atoms with Gasteiger partial charge < -0.3 is 0 Å². The van der Waals surface area contributed by atoms with E-state index in [2.05, 4.69) is 29.1 Å². The van der Waals surface area contributed by atoms with Crippen LogP contribution >= 0.6 is 0 Å². The number of nitrogens with zero attached hydrogens (tertiary/aromatic N) is 4. The van der Waals surface area contributed by atoms with Crippen molar-refractivity contribution in [2.24, 2.45) is 0 Å². The van der Waals surface area contributed by atoms with Crippen molar-refractivity contribution in [2.45, 2.75) is 30.5 Å². The number of benzene rings is 1. The topological polar surface area (TPSA) is 71.6 Å². The van der Waals surface area contributed by atoms with Gasteiger partial charge in [-0.25, -0.2) is 13.9 Å². The summed E-state index contributed by atoms with van der Waals surface area (Å²) in [5.74, 6) is 1.08. The second-order valence-electron chi connectivity index (χ2n) is 4.91. The Kier molecular flexibility index (Phi) is 4.48. The molecule has 0 amide bonds. The fourth-order valence-corrected chi connectivity index (χ4v) is 3.21. The molecule has 0 bridgehead atoms. The quantitative estimate of drug-likeness (QED) is 0.871. The molecule has 2 aromatic rings. The predicted molar refractivity (Wildman–Crippen MR) is 77.0 cm³/mol. The molecule has 0 aliphatic carbocycles. The number of fused-ring (bicyclic) bond motifs is 1. The summed E-state index contributed by atoms with van der Waals surface area (Å²) in [5, 5.41) is 13.3. The van der Waals surface area contributed by atoms with Crippen molar-refractivity contribution in [1.82, 2.24) is 14.8 Å². The van der Waals surface area contributed by atoms with Crippen molar-refractivity contribution in [2.75, 3.05) is 5.75 Å². The number of halogens is 1. The maximum absolute atomic E-state index is 11.9. The van der Waals surface area contributed by atoms with Crippen molar-refractivity contribution < 1.29 is 8.91 Å². The van der Waals surface area contributed by atoms with Gasteiger partial charge in [-0.3, -0.25) is 4.70 Å². The van der Waals surface area contributed by atoms with Crippen LogP contribution in [0.15, 0.2) is 35.5 Å². The molecule has 2 heterocycles.